The largest absolute Gasteiger partial charge is 0.271 e. The fraction of sp³-hybridized carbons (Fsp3) is 0.571. The number of hydrogen-bond acceptors (Lipinski definition) is 2. The molecular formula is C14H20F2N2. The number of nitrogens with two attached hydrogens (primary N) is 1. The Hall–Kier alpha value is -1.00. The lowest BCUT2D eigenvalue weighted by Crippen LogP contribution is -2.43. The number of rotatable bonds is 4. The van der Waals surface area contributed by atoms with Crippen molar-refractivity contribution >= 4 is 0 Å². The summed E-state index contributed by atoms with van der Waals surface area (Å²) in [5.41, 5.74) is 3.48. The zero-order valence-electron chi connectivity index (χ0n) is 10.5. The van der Waals surface area contributed by atoms with Gasteiger partial charge in [-0.25, -0.2) is 8.78 Å². The Kier molecular flexibility index (Phi) is 4.66. The molecule has 1 unspecified atom stereocenters. The monoisotopic (exact) mass is 254 g/mol. The second-order valence-electron chi connectivity index (χ2n) is 5.15. The number of hydrogen-bond donors (Lipinski definition) is 2. The lowest BCUT2D eigenvalue weighted by atomic mass is 9.82. The van der Waals surface area contributed by atoms with Crippen molar-refractivity contribution in [2.45, 2.75) is 44.6 Å². The van der Waals surface area contributed by atoms with Crippen molar-refractivity contribution in [3.63, 3.8) is 0 Å². The van der Waals surface area contributed by atoms with Crippen LogP contribution in [0, 0.1) is 17.6 Å². The molecule has 100 valence electrons. The van der Waals surface area contributed by atoms with Gasteiger partial charge in [-0.15, -0.1) is 0 Å². The van der Waals surface area contributed by atoms with E-state index in [1.54, 1.807) is 0 Å². The molecule has 2 rings (SSSR count). The van der Waals surface area contributed by atoms with Gasteiger partial charge in [-0.1, -0.05) is 19.3 Å². The Morgan fingerprint density at radius 1 is 1.11 bits per heavy atom. The van der Waals surface area contributed by atoms with Gasteiger partial charge < -0.3 is 0 Å². The Bertz CT molecular complexity index is 369. The summed E-state index contributed by atoms with van der Waals surface area (Å²) in [5.74, 6) is 5.05. The maximum absolute atomic E-state index is 13.1. The van der Waals surface area contributed by atoms with Crippen LogP contribution in [-0.2, 0) is 6.42 Å². The molecule has 2 nitrogen and oxygen atoms in total. The van der Waals surface area contributed by atoms with Crippen LogP contribution in [-0.4, -0.2) is 6.04 Å². The highest BCUT2D eigenvalue weighted by atomic mass is 19.1. The second kappa shape index (κ2) is 6.25. The molecule has 1 fully saturated rings. The minimum Gasteiger partial charge on any atom is -0.271 e. The van der Waals surface area contributed by atoms with E-state index in [2.05, 4.69) is 5.43 Å². The first-order chi connectivity index (χ1) is 8.69. The van der Waals surface area contributed by atoms with E-state index in [1.165, 1.54) is 31.4 Å². The van der Waals surface area contributed by atoms with Gasteiger partial charge in [0, 0.05) is 12.1 Å². The van der Waals surface area contributed by atoms with Crippen molar-refractivity contribution < 1.29 is 8.78 Å². The van der Waals surface area contributed by atoms with Crippen molar-refractivity contribution in [1.82, 2.24) is 5.43 Å². The van der Waals surface area contributed by atoms with E-state index in [4.69, 9.17) is 5.84 Å². The van der Waals surface area contributed by atoms with Gasteiger partial charge in [0.1, 0.15) is 11.6 Å². The number of hydrazine groups is 1. The summed E-state index contributed by atoms with van der Waals surface area (Å²) >= 11 is 0. The predicted octanol–water partition coefficient (Wildman–Crippen LogP) is 2.92. The molecule has 0 bridgehead atoms. The maximum Gasteiger partial charge on any atom is 0.126 e. The van der Waals surface area contributed by atoms with Crippen LogP contribution in [0.1, 0.15) is 37.7 Å². The van der Waals surface area contributed by atoms with Crippen molar-refractivity contribution in [3.05, 3.63) is 35.4 Å². The van der Waals surface area contributed by atoms with E-state index < -0.39 is 11.6 Å². The number of nitrogens with one attached hydrogen (secondary N) is 1. The van der Waals surface area contributed by atoms with E-state index in [9.17, 15) is 8.78 Å². The topological polar surface area (TPSA) is 38.0 Å². The van der Waals surface area contributed by atoms with Gasteiger partial charge in [-0.3, -0.25) is 11.3 Å². The normalized spacial score (nSPS) is 18.8. The van der Waals surface area contributed by atoms with Crippen molar-refractivity contribution in [2.75, 3.05) is 0 Å². The highest BCUT2D eigenvalue weighted by Crippen LogP contribution is 2.28. The van der Waals surface area contributed by atoms with Gasteiger partial charge in [0.25, 0.3) is 0 Å². The van der Waals surface area contributed by atoms with Crippen LogP contribution < -0.4 is 11.3 Å². The predicted molar refractivity (Wildman–Crippen MR) is 67.7 cm³/mol. The highest BCUT2D eigenvalue weighted by Gasteiger charge is 2.23. The average Bonchev–Trinajstić information content (AvgIpc) is 2.36. The second-order valence-corrected chi connectivity index (χ2v) is 5.15. The SMILES string of the molecule is NNC(Cc1cc(F)cc(F)c1)C1CCCCC1. The molecule has 4 heteroatoms. The molecular weight excluding hydrogens is 234 g/mol. The quantitative estimate of drug-likeness (QED) is 0.640. The fourth-order valence-corrected chi connectivity index (χ4v) is 2.88. The minimum atomic E-state index is -0.524. The van der Waals surface area contributed by atoms with Crippen LogP contribution in [0.2, 0.25) is 0 Å². The molecule has 1 aliphatic rings. The summed E-state index contributed by atoms with van der Waals surface area (Å²) in [6.45, 7) is 0. The molecule has 0 amide bonds. The lowest BCUT2D eigenvalue weighted by Gasteiger charge is -2.29. The Morgan fingerprint density at radius 2 is 1.72 bits per heavy atom. The van der Waals surface area contributed by atoms with Gasteiger partial charge >= 0.3 is 0 Å². The van der Waals surface area contributed by atoms with Crippen molar-refractivity contribution in [1.29, 1.82) is 0 Å². The molecule has 0 spiro atoms. The van der Waals surface area contributed by atoms with Crippen LogP contribution in [0.3, 0.4) is 0 Å². The van der Waals surface area contributed by atoms with Crippen molar-refractivity contribution in [3.8, 4) is 0 Å². The van der Waals surface area contributed by atoms with E-state index in [0.29, 0.717) is 17.9 Å². The Labute approximate surface area is 107 Å². The van der Waals surface area contributed by atoms with Crippen LogP contribution in [0.25, 0.3) is 0 Å². The minimum absolute atomic E-state index is 0.103. The standard InChI is InChI=1S/C14H20F2N2/c15-12-6-10(7-13(16)9-12)8-14(18-17)11-4-2-1-3-5-11/h6-7,9,11,14,18H,1-5,8,17H2. The molecule has 1 aromatic rings. The summed E-state index contributed by atoms with van der Waals surface area (Å²) in [6.07, 6.45) is 6.60. The van der Waals surface area contributed by atoms with Gasteiger partial charge in [0.2, 0.25) is 0 Å². The summed E-state index contributed by atoms with van der Waals surface area (Å²) in [4.78, 5) is 0. The molecule has 0 radical (unpaired) electrons. The smallest absolute Gasteiger partial charge is 0.126 e. The molecule has 0 saturated heterocycles. The molecule has 1 saturated carbocycles. The zero-order valence-corrected chi connectivity index (χ0v) is 10.5. The Morgan fingerprint density at radius 3 is 2.28 bits per heavy atom. The Balaban J connectivity index is 2.04. The molecule has 3 N–H and O–H groups in total. The van der Waals surface area contributed by atoms with E-state index >= 15 is 0 Å². The van der Waals surface area contributed by atoms with E-state index in [-0.39, 0.29) is 6.04 Å². The number of halogens is 2. The highest BCUT2D eigenvalue weighted by molar-refractivity contribution is 5.19. The van der Waals surface area contributed by atoms with Crippen LogP contribution >= 0.6 is 0 Å². The summed E-state index contributed by atoms with van der Waals surface area (Å²) < 4.78 is 26.3. The molecule has 0 heterocycles. The lowest BCUT2D eigenvalue weighted by molar-refractivity contribution is 0.268. The molecule has 18 heavy (non-hydrogen) atoms. The van der Waals surface area contributed by atoms with Gasteiger partial charge in [-0.2, -0.15) is 0 Å². The van der Waals surface area contributed by atoms with E-state index in [1.807, 2.05) is 0 Å². The molecule has 0 aromatic heterocycles. The zero-order chi connectivity index (χ0) is 13.0. The summed E-state index contributed by atoms with van der Waals surface area (Å²) in [7, 11) is 0. The van der Waals surface area contributed by atoms with Crippen LogP contribution in [0.4, 0.5) is 8.78 Å². The third kappa shape index (κ3) is 3.50. The maximum atomic E-state index is 13.1. The summed E-state index contributed by atoms with van der Waals surface area (Å²) in [6, 6.07) is 3.77. The molecule has 0 aliphatic heterocycles. The summed E-state index contributed by atoms with van der Waals surface area (Å²) in [5, 5.41) is 0. The fourth-order valence-electron chi connectivity index (χ4n) is 2.88. The van der Waals surface area contributed by atoms with Gasteiger partial charge in [0.05, 0.1) is 0 Å². The number of benzene rings is 1. The average molecular weight is 254 g/mol. The van der Waals surface area contributed by atoms with Crippen LogP contribution in [0.15, 0.2) is 18.2 Å². The van der Waals surface area contributed by atoms with Gasteiger partial charge in [0.15, 0.2) is 0 Å². The molecule has 1 atom stereocenters. The molecule has 1 aliphatic carbocycles. The first-order valence-corrected chi connectivity index (χ1v) is 6.60. The third-order valence-electron chi connectivity index (χ3n) is 3.81. The first kappa shape index (κ1) is 13.4. The van der Waals surface area contributed by atoms with Crippen LogP contribution in [0.5, 0.6) is 0 Å². The molecule has 1 aromatic carbocycles. The van der Waals surface area contributed by atoms with Gasteiger partial charge in [-0.05, 0) is 42.9 Å². The third-order valence-corrected chi connectivity index (χ3v) is 3.81. The van der Waals surface area contributed by atoms with Crippen molar-refractivity contribution in [2.24, 2.45) is 11.8 Å². The first-order valence-electron chi connectivity index (χ1n) is 6.60. The van der Waals surface area contributed by atoms with E-state index in [0.717, 1.165) is 18.9 Å².